The number of likely N-dealkylation sites (tertiary alicyclic amines) is 1. The Kier molecular flexibility index (Phi) is 9.12. The maximum atomic E-state index is 13.3. The number of benzene rings is 1. The summed E-state index contributed by atoms with van der Waals surface area (Å²) in [6.45, 7) is 7.84. The van der Waals surface area contributed by atoms with Gasteiger partial charge >= 0.3 is 0 Å². The molecule has 0 spiro atoms. The predicted molar refractivity (Wildman–Crippen MR) is 153 cm³/mol. The largest absolute Gasteiger partial charge is 0.304 e. The third kappa shape index (κ3) is 6.96. The molecule has 1 amide bonds. The van der Waals surface area contributed by atoms with E-state index in [-0.39, 0.29) is 17.8 Å². The van der Waals surface area contributed by atoms with Crippen molar-refractivity contribution in [1.82, 2.24) is 30.1 Å². The average Bonchev–Trinajstić information content (AvgIpc) is 2.98. The minimum Gasteiger partial charge on any atom is -0.304 e. The van der Waals surface area contributed by atoms with Gasteiger partial charge in [-0.25, -0.2) is 9.97 Å². The van der Waals surface area contributed by atoms with Gasteiger partial charge in [0, 0.05) is 50.5 Å². The van der Waals surface area contributed by atoms with Gasteiger partial charge in [0.2, 0.25) is 5.82 Å². The van der Waals surface area contributed by atoms with Gasteiger partial charge in [-0.05, 0) is 69.0 Å². The molecule has 204 valence electrons. The number of amides is 1. The number of nitriles is 1. The fourth-order valence-electron chi connectivity index (χ4n) is 6.11. The molecule has 39 heavy (non-hydrogen) atoms. The summed E-state index contributed by atoms with van der Waals surface area (Å²) in [4.78, 5) is 29.2. The van der Waals surface area contributed by atoms with Crippen LogP contribution in [0, 0.1) is 11.3 Å². The third-order valence-corrected chi connectivity index (χ3v) is 8.52. The Labute approximate surface area is 233 Å². The first-order valence-electron chi connectivity index (χ1n) is 14.4. The quantitative estimate of drug-likeness (QED) is 0.432. The standard InChI is InChI=1S/C29H39BN8O/c1-35-15-17-37(18-16-35)24-11-13-36(14-12-24)21-22-7-9-23(10-8-22)29(39)34-38(25-5-3-2-4-6-25)28-26(30)20-32-27(19-31)33-28/h7-10,20,24-25H,2-6,11-18,21H2,1H3,(H,34,39). The van der Waals surface area contributed by atoms with E-state index in [0.717, 1.165) is 45.3 Å². The number of nitrogens with zero attached hydrogens (tertiary/aromatic N) is 7. The summed E-state index contributed by atoms with van der Waals surface area (Å²) in [7, 11) is 8.40. The monoisotopic (exact) mass is 526 g/mol. The van der Waals surface area contributed by atoms with Crippen LogP contribution in [-0.4, -0.2) is 96.8 Å². The lowest BCUT2D eigenvalue weighted by Crippen LogP contribution is -2.52. The Bertz CT molecular complexity index is 1150. The molecule has 0 bridgehead atoms. The van der Waals surface area contributed by atoms with Gasteiger partial charge in [-0.3, -0.25) is 25.0 Å². The second kappa shape index (κ2) is 12.9. The van der Waals surface area contributed by atoms with E-state index in [4.69, 9.17) is 7.85 Å². The lowest BCUT2D eigenvalue weighted by molar-refractivity contribution is 0.0658. The average molecular weight is 526 g/mol. The second-order valence-electron chi connectivity index (χ2n) is 11.2. The van der Waals surface area contributed by atoms with E-state index >= 15 is 0 Å². The Morgan fingerprint density at radius 2 is 1.74 bits per heavy atom. The van der Waals surface area contributed by atoms with Crippen molar-refractivity contribution >= 4 is 25.0 Å². The Hall–Kier alpha value is -3.00. The molecule has 1 N–H and O–H groups in total. The first kappa shape index (κ1) is 27.6. The van der Waals surface area contributed by atoms with E-state index in [1.165, 1.54) is 57.2 Å². The smallest absolute Gasteiger partial charge is 0.269 e. The first-order valence-corrected chi connectivity index (χ1v) is 14.4. The highest BCUT2D eigenvalue weighted by atomic mass is 16.2. The SMILES string of the molecule is [B]c1cnc(C#N)nc1N(NC(=O)c1ccc(CN2CCC(N3CCN(C)CC3)CC2)cc1)C1CCCCC1. The van der Waals surface area contributed by atoms with Crippen LogP contribution < -0.4 is 15.9 Å². The molecular weight excluding hydrogens is 487 g/mol. The number of likely N-dealkylation sites (N-methyl/N-ethyl adjacent to an activating group) is 1. The molecule has 2 radical (unpaired) electrons. The second-order valence-corrected chi connectivity index (χ2v) is 11.2. The van der Waals surface area contributed by atoms with Gasteiger partial charge in [-0.1, -0.05) is 31.4 Å². The van der Waals surface area contributed by atoms with Gasteiger partial charge in [0.15, 0.2) is 0 Å². The third-order valence-electron chi connectivity index (χ3n) is 8.52. The molecule has 3 heterocycles. The van der Waals surface area contributed by atoms with E-state index in [9.17, 15) is 10.1 Å². The summed E-state index contributed by atoms with van der Waals surface area (Å²) in [6.07, 6.45) is 9.07. The van der Waals surface area contributed by atoms with Crippen molar-refractivity contribution in [2.45, 2.75) is 63.6 Å². The van der Waals surface area contributed by atoms with E-state index in [2.05, 4.69) is 49.3 Å². The lowest BCUT2D eigenvalue weighted by atomic mass is 9.93. The van der Waals surface area contributed by atoms with Crippen molar-refractivity contribution in [3.8, 4) is 6.07 Å². The van der Waals surface area contributed by atoms with Crippen molar-refractivity contribution in [1.29, 1.82) is 5.26 Å². The highest BCUT2D eigenvalue weighted by Crippen LogP contribution is 2.25. The van der Waals surface area contributed by atoms with Crippen LogP contribution in [0.4, 0.5) is 5.82 Å². The van der Waals surface area contributed by atoms with Gasteiger partial charge in [0.05, 0.1) is 6.04 Å². The molecule has 2 aromatic rings. The topological polar surface area (TPSA) is 91.6 Å². The number of anilines is 1. The van der Waals surface area contributed by atoms with Crippen molar-refractivity contribution in [2.24, 2.45) is 0 Å². The number of carbonyl (C=O) groups excluding carboxylic acids is 1. The van der Waals surface area contributed by atoms with Gasteiger partial charge in [0.25, 0.3) is 5.91 Å². The van der Waals surface area contributed by atoms with E-state index in [1.807, 2.05) is 18.2 Å². The van der Waals surface area contributed by atoms with Crippen LogP contribution in [-0.2, 0) is 6.54 Å². The molecule has 1 saturated carbocycles. The van der Waals surface area contributed by atoms with Crippen molar-refractivity contribution < 1.29 is 4.79 Å². The number of hydrogen-bond acceptors (Lipinski definition) is 8. The molecule has 2 aliphatic heterocycles. The lowest BCUT2D eigenvalue weighted by Gasteiger charge is -2.42. The zero-order valence-electron chi connectivity index (χ0n) is 23.1. The zero-order chi connectivity index (χ0) is 27.2. The summed E-state index contributed by atoms with van der Waals surface area (Å²) in [6, 6.07) is 10.6. The fraction of sp³-hybridized carbons (Fsp3) is 0.586. The van der Waals surface area contributed by atoms with E-state index in [0.29, 0.717) is 22.9 Å². The molecule has 9 nitrogen and oxygen atoms in total. The van der Waals surface area contributed by atoms with Gasteiger partial charge < -0.3 is 4.90 Å². The Morgan fingerprint density at radius 3 is 2.41 bits per heavy atom. The maximum Gasteiger partial charge on any atom is 0.269 e. The minimum atomic E-state index is -0.211. The number of piperazine rings is 1. The zero-order valence-corrected chi connectivity index (χ0v) is 23.1. The number of aromatic nitrogens is 2. The number of nitrogens with one attached hydrogen (secondary N) is 1. The van der Waals surface area contributed by atoms with Crippen LogP contribution in [0.1, 0.15) is 66.7 Å². The molecule has 2 saturated heterocycles. The van der Waals surface area contributed by atoms with Crippen LogP contribution in [0.3, 0.4) is 0 Å². The molecule has 10 heteroatoms. The molecule has 3 fully saturated rings. The van der Waals surface area contributed by atoms with Gasteiger partial charge in [0.1, 0.15) is 19.7 Å². The van der Waals surface area contributed by atoms with Crippen LogP contribution >= 0.6 is 0 Å². The van der Waals surface area contributed by atoms with Crippen LogP contribution in [0.2, 0.25) is 0 Å². The van der Waals surface area contributed by atoms with Gasteiger partial charge in [-0.2, -0.15) is 5.26 Å². The number of rotatable bonds is 7. The number of hydrogen-bond donors (Lipinski definition) is 1. The molecule has 1 aromatic heterocycles. The molecule has 5 rings (SSSR count). The fourth-order valence-corrected chi connectivity index (χ4v) is 6.11. The van der Waals surface area contributed by atoms with Crippen LogP contribution in [0.15, 0.2) is 30.5 Å². The van der Waals surface area contributed by atoms with Crippen molar-refractivity contribution in [3.63, 3.8) is 0 Å². The summed E-state index contributed by atoms with van der Waals surface area (Å²) in [5.74, 6) is 0.209. The molecular formula is C29H39BN8O. The van der Waals surface area contributed by atoms with E-state index in [1.54, 1.807) is 5.01 Å². The number of hydrazine groups is 1. The van der Waals surface area contributed by atoms with Crippen molar-refractivity contribution in [3.05, 3.63) is 47.4 Å². The molecule has 0 atom stereocenters. The summed E-state index contributed by atoms with van der Waals surface area (Å²) >= 11 is 0. The number of piperidine rings is 1. The van der Waals surface area contributed by atoms with Crippen LogP contribution in [0.5, 0.6) is 0 Å². The highest BCUT2D eigenvalue weighted by molar-refractivity contribution is 6.35. The van der Waals surface area contributed by atoms with Gasteiger partial charge in [-0.15, -0.1) is 0 Å². The summed E-state index contributed by atoms with van der Waals surface area (Å²) in [5.41, 5.74) is 5.19. The first-order chi connectivity index (χ1) is 19.0. The highest BCUT2D eigenvalue weighted by Gasteiger charge is 2.28. The predicted octanol–water partition coefficient (Wildman–Crippen LogP) is 1.84. The number of carbonyl (C=O) groups is 1. The molecule has 0 unspecified atom stereocenters. The normalized spacial score (nSPS) is 20.4. The Balaban J connectivity index is 1.19. The minimum absolute atomic E-state index is 0.0335. The maximum absolute atomic E-state index is 13.3. The Morgan fingerprint density at radius 1 is 1.05 bits per heavy atom. The molecule has 1 aromatic carbocycles. The van der Waals surface area contributed by atoms with Crippen LogP contribution in [0.25, 0.3) is 0 Å². The molecule has 1 aliphatic carbocycles. The summed E-state index contributed by atoms with van der Waals surface area (Å²) in [5, 5.41) is 11.1. The molecule has 3 aliphatic rings. The van der Waals surface area contributed by atoms with Crippen molar-refractivity contribution in [2.75, 3.05) is 51.3 Å². The van der Waals surface area contributed by atoms with E-state index < -0.39 is 0 Å². The summed E-state index contributed by atoms with van der Waals surface area (Å²) < 4.78 is 0.